The lowest BCUT2D eigenvalue weighted by atomic mass is 10.3. The quantitative estimate of drug-likeness (QED) is 0.807. The summed E-state index contributed by atoms with van der Waals surface area (Å²) in [6.45, 7) is 1.09. The van der Waals surface area contributed by atoms with Crippen molar-refractivity contribution in [1.82, 2.24) is 0 Å². The standard InChI is InChI=1S/C11H15NO6S/c1-7(11(13)14)19(15,16)12-8-4-5-9(17-2)10(6-8)18-3/h4-7,12H,1-3H3,(H,13,14). The summed E-state index contributed by atoms with van der Waals surface area (Å²) in [5, 5.41) is 7.16. The Bertz CT molecular complexity index is 569. The fraction of sp³-hybridized carbons (Fsp3) is 0.364. The lowest BCUT2D eigenvalue weighted by Crippen LogP contribution is -2.32. The first-order valence-electron chi connectivity index (χ1n) is 5.28. The van der Waals surface area contributed by atoms with E-state index in [-0.39, 0.29) is 5.69 Å². The van der Waals surface area contributed by atoms with E-state index in [9.17, 15) is 13.2 Å². The molecule has 0 aromatic heterocycles. The number of methoxy groups -OCH3 is 2. The van der Waals surface area contributed by atoms with E-state index in [1.165, 1.54) is 32.4 Å². The van der Waals surface area contributed by atoms with Crippen LogP contribution in [0.25, 0.3) is 0 Å². The molecule has 0 amide bonds. The van der Waals surface area contributed by atoms with Crippen molar-refractivity contribution < 1.29 is 27.8 Å². The van der Waals surface area contributed by atoms with Crippen molar-refractivity contribution in [2.75, 3.05) is 18.9 Å². The highest BCUT2D eigenvalue weighted by molar-refractivity contribution is 7.94. The van der Waals surface area contributed by atoms with Crippen LogP contribution in [0, 0.1) is 0 Å². The molecule has 0 fully saturated rings. The highest BCUT2D eigenvalue weighted by Crippen LogP contribution is 2.30. The summed E-state index contributed by atoms with van der Waals surface area (Å²) >= 11 is 0. The first-order chi connectivity index (χ1) is 8.81. The van der Waals surface area contributed by atoms with Crippen LogP contribution in [0.2, 0.25) is 0 Å². The summed E-state index contributed by atoms with van der Waals surface area (Å²) in [7, 11) is -1.14. The van der Waals surface area contributed by atoms with Crippen LogP contribution in [0.3, 0.4) is 0 Å². The van der Waals surface area contributed by atoms with Gasteiger partial charge in [0.25, 0.3) is 0 Å². The normalized spacial score (nSPS) is 12.6. The fourth-order valence-electron chi connectivity index (χ4n) is 1.29. The maximum atomic E-state index is 11.7. The van der Waals surface area contributed by atoms with Gasteiger partial charge in [0.05, 0.1) is 19.9 Å². The van der Waals surface area contributed by atoms with E-state index in [1.54, 1.807) is 0 Å². The van der Waals surface area contributed by atoms with E-state index in [0.717, 1.165) is 6.92 Å². The minimum atomic E-state index is -4.00. The third-order valence-corrected chi connectivity index (χ3v) is 4.11. The van der Waals surface area contributed by atoms with Crippen LogP contribution >= 0.6 is 0 Å². The molecule has 0 aliphatic carbocycles. The van der Waals surface area contributed by atoms with Gasteiger partial charge < -0.3 is 14.6 Å². The molecular weight excluding hydrogens is 274 g/mol. The highest BCUT2D eigenvalue weighted by atomic mass is 32.2. The smallest absolute Gasteiger partial charge is 0.323 e. The molecule has 1 rings (SSSR count). The first-order valence-corrected chi connectivity index (χ1v) is 6.83. The van der Waals surface area contributed by atoms with Crippen molar-refractivity contribution in [3.05, 3.63) is 18.2 Å². The van der Waals surface area contributed by atoms with Crippen molar-refractivity contribution in [1.29, 1.82) is 0 Å². The predicted molar refractivity (Wildman–Crippen MR) is 69.2 cm³/mol. The second-order valence-electron chi connectivity index (χ2n) is 3.70. The average Bonchev–Trinajstić information content (AvgIpc) is 2.36. The Labute approximate surface area is 111 Å². The molecule has 0 bridgehead atoms. The molecule has 2 N–H and O–H groups in total. The van der Waals surface area contributed by atoms with Gasteiger partial charge in [-0.1, -0.05) is 0 Å². The van der Waals surface area contributed by atoms with Crippen LogP contribution < -0.4 is 14.2 Å². The molecule has 0 saturated carbocycles. The number of benzene rings is 1. The van der Waals surface area contributed by atoms with Crippen molar-refractivity contribution in [2.24, 2.45) is 0 Å². The molecule has 0 aliphatic rings. The Morgan fingerprint density at radius 1 is 1.26 bits per heavy atom. The zero-order valence-electron chi connectivity index (χ0n) is 10.7. The van der Waals surface area contributed by atoms with Gasteiger partial charge in [-0.05, 0) is 19.1 Å². The van der Waals surface area contributed by atoms with Crippen molar-refractivity contribution in [3.63, 3.8) is 0 Å². The summed E-state index contributed by atoms with van der Waals surface area (Å²) < 4.78 is 35.7. The van der Waals surface area contributed by atoms with Crippen LogP contribution in [0.4, 0.5) is 5.69 Å². The molecule has 0 aliphatic heterocycles. The summed E-state index contributed by atoms with van der Waals surface area (Å²) in [6, 6.07) is 4.38. The third kappa shape index (κ3) is 3.50. The molecule has 0 saturated heterocycles. The monoisotopic (exact) mass is 289 g/mol. The number of ether oxygens (including phenoxy) is 2. The lowest BCUT2D eigenvalue weighted by Gasteiger charge is -2.13. The van der Waals surface area contributed by atoms with Crippen molar-refractivity contribution in [3.8, 4) is 11.5 Å². The summed E-state index contributed by atoms with van der Waals surface area (Å²) in [4.78, 5) is 10.7. The summed E-state index contributed by atoms with van der Waals surface area (Å²) in [5.74, 6) is -0.643. The van der Waals surface area contributed by atoms with Gasteiger partial charge in [0.1, 0.15) is 0 Å². The van der Waals surface area contributed by atoms with Crippen LogP contribution in [-0.2, 0) is 14.8 Å². The Morgan fingerprint density at radius 3 is 2.32 bits per heavy atom. The van der Waals surface area contributed by atoms with Gasteiger partial charge in [0, 0.05) is 6.07 Å². The van der Waals surface area contributed by atoms with Crippen molar-refractivity contribution in [2.45, 2.75) is 12.2 Å². The van der Waals surface area contributed by atoms with Crippen LogP contribution in [-0.4, -0.2) is 39.0 Å². The summed E-state index contributed by atoms with van der Waals surface area (Å²) in [6.07, 6.45) is 0. The number of rotatable bonds is 6. The molecule has 0 radical (unpaired) electrons. The third-order valence-electron chi connectivity index (χ3n) is 2.46. The number of nitrogens with one attached hydrogen (secondary N) is 1. The number of anilines is 1. The Morgan fingerprint density at radius 2 is 1.84 bits per heavy atom. The number of carboxylic acid groups (broad SMARTS) is 1. The summed E-state index contributed by atoms with van der Waals surface area (Å²) in [5.41, 5.74) is 0.200. The molecular formula is C11H15NO6S. The Kier molecular flexibility index (Phi) is 4.60. The van der Waals surface area contributed by atoms with Gasteiger partial charge in [0.15, 0.2) is 16.7 Å². The molecule has 1 aromatic rings. The van der Waals surface area contributed by atoms with E-state index < -0.39 is 21.2 Å². The SMILES string of the molecule is COc1ccc(NS(=O)(=O)C(C)C(=O)O)cc1OC. The van der Waals surface area contributed by atoms with Crippen LogP contribution in [0.15, 0.2) is 18.2 Å². The molecule has 0 spiro atoms. The topological polar surface area (TPSA) is 102 Å². The van der Waals surface area contributed by atoms with Gasteiger partial charge in [-0.2, -0.15) is 0 Å². The zero-order valence-corrected chi connectivity index (χ0v) is 11.5. The number of hydrogen-bond donors (Lipinski definition) is 2. The number of carbonyl (C=O) groups is 1. The van der Waals surface area contributed by atoms with Crippen LogP contribution in [0.1, 0.15) is 6.92 Å². The Balaban J connectivity index is 3.04. The zero-order chi connectivity index (χ0) is 14.6. The first kappa shape index (κ1) is 15.1. The van der Waals surface area contributed by atoms with E-state index in [0.29, 0.717) is 11.5 Å². The van der Waals surface area contributed by atoms with Gasteiger partial charge in [-0.25, -0.2) is 8.42 Å². The number of carboxylic acids is 1. The molecule has 7 nitrogen and oxygen atoms in total. The maximum Gasteiger partial charge on any atom is 0.323 e. The second-order valence-corrected chi connectivity index (χ2v) is 5.70. The predicted octanol–water partition coefficient (Wildman–Crippen LogP) is 0.919. The van der Waals surface area contributed by atoms with E-state index in [2.05, 4.69) is 4.72 Å². The molecule has 19 heavy (non-hydrogen) atoms. The molecule has 0 heterocycles. The largest absolute Gasteiger partial charge is 0.493 e. The van der Waals surface area contributed by atoms with Gasteiger partial charge >= 0.3 is 5.97 Å². The minimum Gasteiger partial charge on any atom is -0.493 e. The van der Waals surface area contributed by atoms with E-state index >= 15 is 0 Å². The molecule has 1 aromatic carbocycles. The molecule has 106 valence electrons. The molecule has 1 atom stereocenters. The minimum absolute atomic E-state index is 0.200. The van der Waals surface area contributed by atoms with Gasteiger partial charge in [-0.3, -0.25) is 9.52 Å². The van der Waals surface area contributed by atoms with Gasteiger partial charge in [-0.15, -0.1) is 0 Å². The molecule has 8 heteroatoms. The number of sulfonamides is 1. The van der Waals surface area contributed by atoms with Gasteiger partial charge in [0.2, 0.25) is 10.0 Å². The average molecular weight is 289 g/mol. The highest BCUT2D eigenvalue weighted by Gasteiger charge is 2.27. The lowest BCUT2D eigenvalue weighted by molar-refractivity contribution is -0.136. The maximum absolute atomic E-state index is 11.7. The van der Waals surface area contributed by atoms with Crippen LogP contribution in [0.5, 0.6) is 11.5 Å². The van der Waals surface area contributed by atoms with Crippen molar-refractivity contribution >= 4 is 21.7 Å². The van der Waals surface area contributed by atoms with E-state index in [4.69, 9.17) is 14.6 Å². The number of aliphatic carboxylic acids is 1. The molecule has 1 unspecified atom stereocenters. The fourth-order valence-corrected chi connectivity index (χ4v) is 2.18. The second kappa shape index (κ2) is 5.79. The van der Waals surface area contributed by atoms with E-state index in [1.807, 2.05) is 0 Å². The Hall–Kier alpha value is -1.96. The number of hydrogen-bond acceptors (Lipinski definition) is 5.